The minimum Gasteiger partial charge on any atom is -0.486 e. The largest absolute Gasteiger partial charge is 0.486 e. The van der Waals surface area contributed by atoms with E-state index in [9.17, 15) is 9.59 Å². The number of amides is 1. The second-order valence-electron chi connectivity index (χ2n) is 6.34. The fraction of sp³-hybridized carbons (Fsp3) is 0.238. The molecule has 0 spiro atoms. The molecule has 0 aliphatic heterocycles. The van der Waals surface area contributed by atoms with Gasteiger partial charge in [0, 0.05) is 12.1 Å². The van der Waals surface area contributed by atoms with E-state index in [1.165, 1.54) is 11.3 Å². The molecule has 3 rings (SSSR count). The molecule has 0 saturated carbocycles. The summed E-state index contributed by atoms with van der Waals surface area (Å²) in [4.78, 5) is 25.1. The number of anilines is 1. The van der Waals surface area contributed by atoms with Crippen molar-refractivity contribution in [3.63, 3.8) is 0 Å². The van der Waals surface area contributed by atoms with Gasteiger partial charge in [-0.05, 0) is 56.2 Å². The summed E-state index contributed by atoms with van der Waals surface area (Å²) in [5.74, 6) is 0.473. The van der Waals surface area contributed by atoms with Crippen molar-refractivity contribution in [3.8, 4) is 16.3 Å². The summed E-state index contributed by atoms with van der Waals surface area (Å²) in [6.07, 6.45) is 0.721. The number of halogens is 1. The van der Waals surface area contributed by atoms with Crippen molar-refractivity contribution >= 4 is 40.3 Å². The first-order valence-corrected chi connectivity index (χ1v) is 10.2. The third-order valence-electron chi connectivity index (χ3n) is 4.31. The lowest BCUT2D eigenvalue weighted by atomic mass is 10.1. The average molecular weight is 430 g/mol. The van der Waals surface area contributed by atoms with Gasteiger partial charge in [-0.25, -0.2) is 0 Å². The first-order valence-electron chi connectivity index (χ1n) is 9.04. The Kier molecular flexibility index (Phi) is 6.61. The lowest BCUT2D eigenvalue weighted by Crippen LogP contribution is -2.30. The van der Waals surface area contributed by atoms with Gasteiger partial charge < -0.3 is 4.74 Å². The van der Waals surface area contributed by atoms with E-state index in [4.69, 9.17) is 16.3 Å². The van der Waals surface area contributed by atoms with Crippen LogP contribution in [-0.2, 0) is 4.79 Å². The second kappa shape index (κ2) is 9.15. The molecule has 3 aromatic rings. The van der Waals surface area contributed by atoms with Crippen LogP contribution in [0.15, 0.2) is 36.4 Å². The molecule has 1 amide bonds. The summed E-state index contributed by atoms with van der Waals surface area (Å²) in [5.41, 5.74) is 3.11. The highest BCUT2D eigenvalue weighted by Gasteiger charge is 2.22. The molecular formula is C21H20ClN3O3S. The van der Waals surface area contributed by atoms with Gasteiger partial charge in [-0.2, -0.15) is 0 Å². The Morgan fingerprint density at radius 2 is 1.90 bits per heavy atom. The number of hydrogen-bond donors (Lipinski definition) is 0. The Bertz CT molecular complexity index is 1030. The lowest BCUT2D eigenvalue weighted by molar-refractivity contribution is -0.109. The number of carbonyl (C=O) groups is 2. The number of aromatic nitrogens is 2. The Morgan fingerprint density at radius 1 is 1.21 bits per heavy atom. The van der Waals surface area contributed by atoms with E-state index >= 15 is 0 Å². The monoisotopic (exact) mass is 429 g/mol. The molecule has 6 nitrogen and oxygen atoms in total. The summed E-state index contributed by atoms with van der Waals surface area (Å²) in [7, 11) is 0. The molecule has 1 heterocycles. The van der Waals surface area contributed by atoms with Crippen LogP contribution in [0, 0.1) is 13.8 Å². The molecule has 0 atom stereocenters. The minimum atomic E-state index is -0.217. The fourth-order valence-electron chi connectivity index (χ4n) is 3.01. The zero-order valence-electron chi connectivity index (χ0n) is 16.3. The van der Waals surface area contributed by atoms with Crippen molar-refractivity contribution in [2.45, 2.75) is 20.8 Å². The summed E-state index contributed by atoms with van der Waals surface area (Å²) < 4.78 is 5.49. The van der Waals surface area contributed by atoms with Crippen molar-refractivity contribution in [1.82, 2.24) is 10.2 Å². The van der Waals surface area contributed by atoms with E-state index in [1.807, 2.05) is 32.9 Å². The SMILES string of the molecule is CCN(C(=O)c1ccccc1Cl)c1nnc(-c2cc(C)c(OCC=O)c(C)c2)s1. The molecule has 0 radical (unpaired) electrons. The van der Waals surface area contributed by atoms with E-state index in [1.54, 1.807) is 29.2 Å². The second-order valence-corrected chi connectivity index (χ2v) is 7.70. The summed E-state index contributed by atoms with van der Waals surface area (Å²) in [6, 6.07) is 10.8. The number of rotatable bonds is 7. The number of nitrogens with zero attached hydrogens (tertiary/aromatic N) is 3. The average Bonchev–Trinajstić information content (AvgIpc) is 3.18. The molecule has 0 aliphatic carbocycles. The molecular weight excluding hydrogens is 410 g/mol. The number of ether oxygens (including phenoxy) is 1. The maximum atomic E-state index is 12.9. The van der Waals surface area contributed by atoms with Crippen molar-refractivity contribution < 1.29 is 14.3 Å². The van der Waals surface area contributed by atoms with E-state index in [2.05, 4.69) is 10.2 Å². The van der Waals surface area contributed by atoms with Crippen LogP contribution in [0.5, 0.6) is 5.75 Å². The van der Waals surface area contributed by atoms with Crippen molar-refractivity contribution in [2.75, 3.05) is 18.1 Å². The highest BCUT2D eigenvalue weighted by molar-refractivity contribution is 7.18. The molecule has 0 bridgehead atoms. The molecule has 0 fully saturated rings. The van der Waals surface area contributed by atoms with Gasteiger partial charge in [-0.15, -0.1) is 10.2 Å². The maximum Gasteiger partial charge on any atom is 0.261 e. The van der Waals surface area contributed by atoms with E-state index in [0.29, 0.717) is 33.0 Å². The van der Waals surface area contributed by atoms with Crippen LogP contribution in [0.2, 0.25) is 5.02 Å². The van der Waals surface area contributed by atoms with Crippen LogP contribution in [-0.4, -0.2) is 35.5 Å². The Morgan fingerprint density at radius 3 is 2.52 bits per heavy atom. The van der Waals surface area contributed by atoms with Gasteiger partial charge >= 0.3 is 0 Å². The van der Waals surface area contributed by atoms with Gasteiger partial charge in [-0.3, -0.25) is 14.5 Å². The third-order valence-corrected chi connectivity index (χ3v) is 5.64. The minimum absolute atomic E-state index is 0.0135. The maximum absolute atomic E-state index is 12.9. The highest BCUT2D eigenvalue weighted by Crippen LogP contribution is 2.34. The van der Waals surface area contributed by atoms with Gasteiger partial charge in [0.25, 0.3) is 5.91 Å². The molecule has 0 aliphatic rings. The smallest absolute Gasteiger partial charge is 0.261 e. The highest BCUT2D eigenvalue weighted by atomic mass is 35.5. The first-order chi connectivity index (χ1) is 14.0. The molecule has 150 valence electrons. The molecule has 29 heavy (non-hydrogen) atoms. The molecule has 1 aromatic heterocycles. The lowest BCUT2D eigenvalue weighted by Gasteiger charge is -2.17. The van der Waals surface area contributed by atoms with E-state index in [-0.39, 0.29) is 12.5 Å². The van der Waals surface area contributed by atoms with Crippen molar-refractivity contribution in [3.05, 3.63) is 58.1 Å². The van der Waals surface area contributed by atoms with Gasteiger partial charge in [0.2, 0.25) is 5.13 Å². The predicted octanol–water partition coefficient (Wildman–Crippen LogP) is 4.72. The quantitative estimate of drug-likeness (QED) is 0.508. The first kappa shape index (κ1) is 21.0. The van der Waals surface area contributed by atoms with Crippen LogP contribution in [0.1, 0.15) is 28.4 Å². The Balaban J connectivity index is 1.91. The number of aryl methyl sites for hydroxylation is 2. The van der Waals surface area contributed by atoms with Crippen LogP contribution >= 0.6 is 22.9 Å². The van der Waals surface area contributed by atoms with Crippen LogP contribution < -0.4 is 9.64 Å². The van der Waals surface area contributed by atoms with Crippen molar-refractivity contribution in [2.24, 2.45) is 0 Å². The summed E-state index contributed by atoms with van der Waals surface area (Å²) >= 11 is 7.51. The van der Waals surface area contributed by atoms with Gasteiger partial charge in [-0.1, -0.05) is 35.1 Å². The van der Waals surface area contributed by atoms with Crippen LogP contribution in [0.4, 0.5) is 5.13 Å². The third kappa shape index (κ3) is 4.46. The fourth-order valence-corrected chi connectivity index (χ4v) is 4.12. The molecule has 2 aromatic carbocycles. The van der Waals surface area contributed by atoms with Crippen LogP contribution in [0.25, 0.3) is 10.6 Å². The molecule has 8 heteroatoms. The number of hydrogen-bond acceptors (Lipinski definition) is 6. The summed E-state index contributed by atoms with van der Waals surface area (Å²) in [6.45, 7) is 6.16. The van der Waals surface area contributed by atoms with E-state index in [0.717, 1.165) is 23.0 Å². The van der Waals surface area contributed by atoms with Gasteiger partial charge in [0.1, 0.15) is 17.4 Å². The number of aldehydes is 1. The van der Waals surface area contributed by atoms with Gasteiger partial charge in [0.05, 0.1) is 10.6 Å². The summed E-state index contributed by atoms with van der Waals surface area (Å²) in [5, 5.41) is 10.1. The molecule has 0 unspecified atom stereocenters. The Hall–Kier alpha value is -2.77. The number of benzene rings is 2. The Labute approximate surface area is 178 Å². The van der Waals surface area contributed by atoms with Gasteiger partial charge in [0.15, 0.2) is 6.29 Å². The molecule has 0 N–H and O–H groups in total. The zero-order chi connectivity index (χ0) is 21.0. The topological polar surface area (TPSA) is 72.4 Å². The van der Waals surface area contributed by atoms with Crippen LogP contribution in [0.3, 0.4) is 0 Å². The standard InChI is InChI=1S/C21H20ClN3O3S/c1-4-25(20(27)16-7-5-6-8-17(16)22)21-24-23-19(29-21)15-11-13(2)18(14(3)12-15)28-10-9-26/h5-9,11-12H,4,10H2,1-3H3. The zero-order valence-corrected chi connectivity index (χ0v) is 17.9. The predicted molar refractivity (Wildman–Crippen MR) is 115 cm³/mol. The normalized spacial score (nSPS) is 10.6. The molecule has 0 saturated heterocycles. The van der Waals surface area contributed by atoms with E-state index < -0.39 is 0 Å². The number of carbonyl (C=O) groups excluding carboxylic acids is 2. The van der Waals surface area contributed by atoms with Crippen molar-refractivity contribution in [1.29, 1.82) is 0 Å².